The fourth-order valence-electron chi connectivity index (χ4n) is 1.76. The number of benzene rings is 2. The zero-order valence-corrected chi connectivity index (χ0v) is 10.8. The molecule has 0 aliphatic carbocycles. The van der Waals surface area contributed by atoms with Crippen molar-refractivity contribution in [1.82, 2.24) is 0 Å². The highest BCUT2D eigenvalue weighted by Crippen LogP contribution is 2.36. The van der Waals surface area contributed by atoms with Crippen molar-refractivity contribution in [1.29, 1.82) is 0 Å². The summed E-state index contributed by atoms with van der Waals surface area (Å²) >= 11 is 5.57. The highest BCUT2D eigenvalue weighted by atomic mass is 35.5. The van der Waals surface area contributed by atoms with Crippen molar-refractivity contribution in [3.05, 3.63) is 64.9 Å². The molecule has 0 radical (unpaired) electrons. The lowest BCUT2D eigenvalue weighted by molar-refractivity contribution is -0.144. The van der Waals surface area contributed by atoms with Gasteiger partial charge in [0.1, 0.15) is 11.9 Å². The van der Waals surface area contributed by atoms with E-state index < -0.39 is 18.0 Å². The maximum absolute atomic E-state index is 13.6. The standard InChI is InChI=1S/C14H10ClF4N/c15-10-6-7-12(11(16)8-10)20-13(14(17,18)19)9-4-2-1-3-5-9/h1-8,13,20H. The Balaban J connectivity index is 2.34. The van der Waals surface area contributed by atoms with E-state index in [1.54, 1.807) is 6.07 Å². The molecule has 1 atom stereocenters. The molecule has 0 amide bonds. The van der Waals surface area contributed by atoms with Crippen LogP contribution in [-0.4, -0.2) is 6.18 Å². The van der Waals surface area contributed by atoms with Crippen LogP contribution in [-0.2, 0) is 0 Å². The molecule has 1 unspecified atom stereocenters. The highest BCUT2D eigenvalue weighted by Gasteiger charge is 2.41. The van der Waals surface area contributed by atoms with Gasteiger partial charge in [0.05, 0.1) is 5.69 Å². The van der Waals surface area contributed by atoms with E-state index in [1.807, 2.05) is 0 Å². The molecule has 2 aromatic carbocycles. The smallest absolute Gasteiger partial charge is 0.368 e. The van der Waals surface area contributed by atoms with Crippen molar-refractivity contribution in [2.75, 3.05) is 5.32 Å². The first-order valence-electron chi connectivity index (χ1n) is 5.71. The molecule has 0 aromatic heterocycles. The Morgan fingerprint density at radius 1 is 1.00 bits per heavy atom. The average molecular weight is 304 g/mol. The monoisotopic (exact) mass is 303 g/mol. The van der Waals surface area contributed by atoms with E-state index in [0.29, 0.717) is 0 Å². The lowest BCUT2D eigenvalue weighted by Gasteiger charge is -2.23. The molecule has 0 heterocycles. The second-order valence-corrected chi connectivity index (χ2v) is 4.59. The molecule has 106 valence electrons. The van der Waals surface area contributed by atoms with Crippen LogP contribution in [0.2, 0.25) is 5.02 Å². The summed E-state index contributed by atoms with van der Waals surface area (Å²) in [6.07, 6.45) is -4.55. The van der Waals surface area contributed by atoms with Gasteiger partial charge in [-0.2, -0.15) is 13.2 Å². The number of rotatable bonds is 3. The highest BCUT2D eigenvalue weighted by molar-refractivity contribution is 6.30. The molecule has 1 nitrogen and oxygen atoms in total. The van der Waals surface area contributed by atoms with Gasteiger partial charge in [0, 0.05) is 5.02 Å². The summed E-state index contributed by atoms with van der Waals surface area (Å²) < 4.78 is 52.9. The third-order valence-electron chi connectivity index (χ3n) is 2.69. The molecule has 0 bridgehead atoms. The van der Waals surface area contributed by atoms with E-state index in [2.05, 4.69) is 5.32 Å². The molecule has 0 aliphatic rings. The Bertz CT molecular complexity index is 583. The Kier molecular flexibility index (Phi) is 4.18. The third-order valence-corrected chi connectivity index (χ3v) is 2.93. The summed E-state index contributed by atoms with van der Waals surface area (Å²) in [5.74, 6) is -0.831. The molecular weight excluding hydrogens is 294 g/mol. The maximum atomic E-state index is 13.6. The average Bonchev–Trinajstić information content (AvgIpc) is 2.37. The van der Waals surface area contributed by atoms with Crippen molar-refractivity contribution in [2.45, 2.75) is 12.2 Å². The van der Waals surface area contributed by atoms with E-state index in [0.717, 1.165) is 6.07 Å². The van der Waals surface area contributed by atoms with Crippen molar-refractivity contribution >= 4 is 17.3 Å². The zero-order chi connectivity index (χ0) is 14.8. The Hall–Kier alpha value is -1.75. The molecule has 0 aliphatic heterocycles. The molecule has 6 heteroatoms. The fourth-order valence-corrected chi connectivity index (χ4v) is 1.92. The van der Waals surface area contributed by atoms with Crippen LogP contribution in [0, 0.1) is 5.82 Å². The summed E-state index contributed by atoms with van der Waals surface area (Å²) in [6, 6.07) is 8.74. The first-order chi connectivity index (χ1) is 9.38. The number of nitrogens with one attached hydrogen (secondary N) is 1. The summed E-state index contributed by atoms with van der Waals surface area (Å²) in [5, 5.41) is 2.29. The summed E-state index contributed by atoms with van der Waals surface area (Å²) in [6.45, 7) is 0. The fraction of sp³-hybridized carbons (Fsp3) is 0.143. The topological polar surface area (TPSA) is 12.0 Å². The van der Waals surface area contributed by atoms with Gasteiger partial charge < -0.3 is 5.32 Å². The predicted molar refractivity (Wildman–Crippen MR) is 70.3 cm³/mol. The van der Waals surface area contributed by atoms with Gasteiger partial charge in [-0.15, -0.1) is 0 Å². The lowest BCUT2D eigenvalue weighted by atomic mass is 10.1. The van der Waals surface area contributed by atoms with Crippen LogP contribution < -0.4 is 5.32 Å². The van der Waals surface area contributed by atoms with Crippen LogP contribution in [0.15, 0.2) is 48.5 Å². The van der Waals surface area contributed by atoms with Gasteiger partial charge >= 0.3 is 6.18 Å². The van der Waals surface area contributed by atoms with Crippen LogP contribution in [0.1, 0.15) is 11.6 Å². The minimum atomic E-state index is -4.55. The van der Waals surface area contributed by atoms with Gasteiger partial charge in [0.2, 0.25) is 0 Å². The summed E-state index contributed by atoms with van der Waals surface area (Å²) in [7, 11) is 0. The van der Waals surface area contributed by atoms with Crippen LogP contribution in [0.3, 0.4) is 0 Å². The molecule has 2 rings (SSSR count). The Labute approximate surface area is 118 Å². The largest absolute Gasteiger partial charge is 0.412 e. The van der Waals surface area contributed by atoms with E-state index in [4.69, 9.17) is 11.6 Å². The normalized spacial score (nSPS) is 13.1. The molecule has 0 saturated carbocycles. The van der Waals surface area contributed by atoms with Crippen molar-refractivity contribution in [3.8, 4) is 0 Å². The van der Waals surface area contributed by atoms with Crippen molar-refractivity contribution in [3.63, 3.8) is 0 Å². The first kappa shape index (κ1) is 14.7. The van der Waals surface area contributed by atoms with Gasteiger partial charge in [0.15, 0.2) is 0 Å². The molecule has 2 aromatic rings. The van der Waals surface area contributed by atoms with Gasteiger partial charge in [-0.05, 0) is 23.8 Å². The van der Waals surface area contributed by atoms with E-state index in [-0.39, 0.29) is 16.3 Å². The first-order valence-corrected chi connectivity index (χ1v) is 6.09. The molecule has 20 heavy (non-hydrogen) atoms. The SMILES string of the molecule is Fc1cc(Cl)ccc1NC(c1ccccc1)C(F)(F)F. The van der Waals surface area contributed by atoms with E-state index in [9.17, 15) is 17.6 Å². The summed E-state index contributed by atoms with van der Waals surface area (Å²) in [5.41, 5.74) is -0.241. The molecule has 1 N–H and O–H groups in total. The predicted octanol–water partition coefficient (Wildman–Crippen LogP) is 5.19. The minimum Gasteiger partial charge on any atom is -0.368 e. The summed E-state index contributed by atoms with van der Waals surface area (Å²) in [4.78, 5) is 0. The van der Waals surface area contributed by atoms with Gasteiger partial charge in [-0.1, -0.05) is 41.9 Å². The Morgan fingerprint density at radius 3 is 2.20 bits per heavy atom. The molecule has 0 fully saturated rings. The molecule has 0 spiro atoms. The number of hydrogen-bond donors (Lipinski definition) is 1. The second-order valence-electron chi connectivity index (χ2n) is 4.15. The van der Waals surface area contributed by atoms with Crippen molar-refractivity contribution in [2.24, 2.45) is 0 Å². The van der Waals surface area contributed by atoms with Gasteiger partial charge in [-0.3, -0.25) is 0 Å². The molecular formula is C14H10ClF4N. The third kappa shape index (κ3) is 3.42. The Morgan fingerprint density at radius 2 is 1.65 bits per heavy atom. The van der Waals surface area contributed by atoms with E-state index >= 15 is 0 Å². The second kappa shape index (κ2) is 5.71. The quantitative estimate of drug-likeness (QED) is 0.769. The zero-order valence-electron chi connectivity index (χ0n) is 10.1. The number of halogens is 5. The number of hydrogen-bond acceptors (Lipinski definition) is 1. The van der Waals surface area contributed by atoms with E-state index in [1.165, 1.54) is 36.4 Å². The van der Waals surface area contributed by atoms with Gasteiger partial charge in [0.25, 0.3) is 0 Å². The minimum absolute atomic E-state index is 0.00866. The maximum Gasteiger partial charge on any atom is 0.412 e. The van der Waals surface area contributed by atoms with Crippen molar-refractivity contribution < 1.29 is 17.6 Å². The van der Waals surface area contributed by atoms with Crippen LogP contribution >= 0.6 is 11.6 Å². The number of anilines is 1. The van der Waals surface area contributed by atoms with Crippen LogP contribution in [0.4, 0.5) is 23.2 Å². The van der Waals surface area contributed by atoms with Crippen LogP contribution in [0.5, 0.6) is 0 Å². The van der Waals surface area contributed by atoms with Gasteiger partial charge in [-0.25, -0.2) is 4.39 Å². The number of alkyl halides is 3. The molecule has 0 saturated heterocycles. The van der Waals surface area contributed by atoms with Crippen LogP contribution in [0.25, 0.3) is 0 Å². The lowest BCUT2D eigenvalue weighted by Crippen LogP contribution is -2.28.